The van der Waals surface area contributed by atoms with Gasteiger partial charge in [0.15, 0.2) is 12.4 Å². The van der Waals surface area contributed by atoms with Crippen LogP contribution in [-0.2, 0) is 9.53 Å². The molecular formula is C24H26N4O4. The molecule has 1 aromatic heterocycles. The summed E-state index contributed by atoms with van der Waals surface area (Å²) in [4.78, 5) is 27.1. The molecule has 0 unspecified atom stereocenters. The molecule has 1 saturated heterocycles. The number of piperidine rings is 1. The number of carbonyl (C=O) groups is 2. The van der Waals surface area contributed by atoms with Crippen molar-refractivity contribution in [3.05, 3.63) is 66.5 Å². The average Bonchev–Trinajstić information content (AvgIpc) is 3.29. The molecule has 1 aliphatic rings. The second-order valence-electron chi connectivity index (χ2n) is 7.55. The lowest BCUT2D eigenvalue weighted by Crippen LogP contribution is -2.29. The third-order valence-electron chi connectivity index (χ3n) is 5.32. The largest absolute Gasteiger partial charge is 0.493 e. The first-order valence-electron chi connectivity index (χ1n) is 10.6. The number of carbonyl (C=O) groups excluding carboxylic acids is 2. The van der Waals surface area contributed by atoms with E-state index in [1.807, 2.05) is 54.6 Å². The molecule has 1 N–H and O–H groups in total. The van der Waals surface area contributed by atoms with Crippen LogP contribution in [0.2, 0.25) is 0 Å². The normalized spacial score (nSPS) is 13.5. The number of nitrogens with one attached hydrogen (secondary N) is 1. The van der Waals surface area contributed by atoms with E-state index in [4.69, 9.17) is 9.47 Å². The Morgan fingerprint density at radius 2 is 1.69 bits per heavy atom. The van der Waals surface area contributed by atoms with Gasteiger partial charge in [-0.15, -0.1) is 0 Å². The minimum Gasteiger partial charge on any atom is -0.493 e. The van der Waals surface area contributed by atoms with Crippen LogP contribution >= 0.6 is 0 Å². The molecule has 1 amide bonds. The highest BCUT2D eigenvalue weighted by Crippen LogP contribution is 2.22. The zero-order valence-corrected chi connectivity index (χ0v) is 18.0. The van der Waals surface area contributed by atoms with Gasteiger partial charge >= 0.3 is 5.97 Å². The first-order valence-corrected chi connectivity index (χ1v) is 10.6. The van der Waals surface area contributed by atoms with Crippen molar-refractivity contribution in [2.45, 2.75) is 19.3 Å². The quantitative estimate of drug-likeness (QED) is 0.571. The van der Waals surface area contributed by atoms with Crippen molar-refractivity contribution in [1.29, 1.82) is 0 Å². The summed E-state index contributed by atoms with van der Waals surface area (Å²) in [5.41, 5.74) is 2.58. The first kappa shape index (κ1) is 21.4. The maximum atomic E-state index is 12.5. The van der Waals surface area contributed by atoms with Crippen molar-refractivity contribution in [2.75, 3.05) is 37.0 Å². The average molecular weight is 434 g/mol. The number of hydrogen-bond acceptors (Lipinski definition) is 6. The van der Waals surface area contributed by atoms with Crippen LogP contribution in [-0.4, -0.2) is 48.5 Å². The summed E-state index contributed by atoms with van der Waals surface area (Å²) in [6.45, 7) is 1.70. The molecular weight excluding hydrogens is 408 g/mol. The molecule has 0 atom stereocenters. The third-order valence-corrected chi connectivity index (χ3v) is 5.32. The molecule has 32 heavy (non-hydrogen) atoms. The molecule has 8 nitrogen and oxygen atoms in total. The van der Waals surface area contributed by atoms with Crippen molar-refractivity contribution < 1.29 is 19.1 Å². The van der Waals surface area contributed by atoms with Crippen molar-refractivity contribution in [3.63, 3.8) is 0 Å². The Morgan fingerprint density at radius 1 is 0.969 bits per heavy atom. The summed E-state index contributed by atoms with van der Waals surface area (Å²) in [6.07, 6.45) is 5.29. The fraction of sp³-hybridized carbons (Fsp3) is 0.292. The van der Waals surface area contributed by atoms with Crippen molar-refractivity contribution >= 4 is 23.3 Å². The standard InChI is InChI=1S/C24H26N4O4/c1-31-21-16-28(20-8-4-2-5-9-20)26-23(21)24(30)32-17-22(29)25-18-10-12-19(13-11-18)27-14-6-3-7-15-27/h2,4-5,8-13,16H,3,6-7,14-15,17H2,1H3,(H,25,29). The predicted molar refractivity (Wildman–Crippen MR) is 122 cm³/mol. The number of nitrogens with zero attached hydrogens (tertiary/aromatic N) is 3. The van der Waals surface area contributed by atoms with Gasteiger partial charge in [-0.1, -0.05) is 18.2 Å². The van der Waals surface area contributed by atoms with Gasteiger partial charge in [0.1, 0.15) is 0 Å². The van der Waals surface area contributed by atoms with E-state index in [0.717, 1.165) is 24.5 Å². The fourth-order valence-corrected chi connectivity index (χ4v) is 3.67. The van der Waals surface area contributed by atoms with Crippen LogP contribution in [0.25, 0.3) is 5.69 Å². The van der Waals surface area contributed by atoms with E-state index < -0.39 is 18.5 Å². The molecule has 1 aliphatic heterocycles. The van der Waals surface area contributed by atoms with Crippen LogP contribution in [0.15, 0.2) is 60.8 Å². The molecule has 2 aromatic carbocycles. The Morgan fingerprint density at radius 3 is 2.38 bits per heavy atom. The maximum Gasteiger partial charge on any atom is 0.363 e. The van der Waals surface area contributed by atoms with Gasteiger partial charge in [0.25, 0.3) is 5.91 Å². The molecule has 3 aromatic rings. The highest BCUT2D eigenvalue weighted by molar-refractivity contribution is 5.95. The van der Waals surface area contributed by atoms with Crippen LogP contribution in [0.3, 0.4) is 0 Å². The number of rotatable bonds is 7. The second kappa shape index (κ2) is 10.00. The zero-order chi connectivity index (χ0) is 22.3. The topological polar surface area (TPSA) is 85.7 Å². The summed E-state index contributed by atoms with van der Waals surface area (Å²) >= 11 is 0. The van der Waals surface area contributed by atoms with E-state index in [-0.39, 0.29) is 11.4 Å². The zero-order valence-electron chi connectivity index (χ0n) is 18.0. The minimum absolute atomic E-state index is 0.00929. The fourth-order valence-electron chi connectivity index (χ4n) is 3.67. The van der Waals surface area contributed by atoms with Gasteiger partial charge in [0, 0.05) is 24.5 Å². The second-order valence-corrected chi connectivity index (χ2v) is 7.55. The van der Waals surface area contributed by atoms with Crippen LogP contribution in [0, 0.1) is 0 Å². The Labute approximate surface area is 186 Å². The van der Waals surface area contributed by atoms with E-state index in [1.54, 1.807) is 6.20 Å². The number of hydrogen-bond donors (Lipinski definition) is 1. The monoisotopic (exact) mass is 434 g/mol. The number of anilines is 2. The van der Waals surface area contributed by atoms with Gasteiger partial charge < -0.3 is 19.7 Å². The molecule has 8 heteroatoms. The summed E-state index contributed by atoms with van der Waals surface area (Å²) in [6, 6.07) is 17.0. The van der Waals surface area contributed by atoms with Gasteiger partial charge in [-0.2, -0.15) is 5.10 Å². The van der Waals surface area contributed by atoms with E-state index in [2.05, 4.69) is 15.3 Å². The molecule has 0 aliphatic carbocycles. The number of benzene rings is 2. The highest BCUT2D eigenvalue weighted by Gasteiger charge is 2.21. The SMILES string of the molecule is COc1cn(-c2ccccc2)nc1C(=O)OCC(=O)Nc1ccc(N2CCCCC2)cc1. The molecule has 4 rings (SSSR count). The number of amides is 1. The molecule has 0 saturated carbocycles. The number of ether oxygens (including phenoxy) is 2. The van der Waals surface area contributed by atoms with E-state index >= 15 is 0 Å². The molecule has 0 spiro atoms. The smallest absolute Gasteiger partial charge is 0.363 e. The summed E-state index contributed by atoms with van der Waals surface area (Å²) in [7, 11) is 1.45. The number of esters is 1. The van der Waals surface area contributed by atoms with Crippen molar-refractivity contribution in [1.82, 2.24) is 9.78 Å². The highest BCUT2D eigenvalue weighted by atomic mass is 16.5. The van der Waals surface area contributed by atoms with E-state index in [1.165, 1.54) is 31.1 Å². The maximum absolute atomic E-state index is 12.5. The molecule has 0 bridgehead atoms. The number of para-hydroxylation sites is 1. The van der Waals surface area contributed by atoms with Gasteiger partial charge in [0.2, 0.25) is 5.69 Å². The predicted octanol–water partition coefficient (Wildman–Crippen LogP) is 3.67. The molecule has 2 heterocycles. The van der Waals surface area contributed by atoms with Crippen LogP contribution in [0.4, 0.5) is 11.4 Å². The molecule has 166 valence electrons. The number of methoxy groups -OCH3 is 1. The van der Waals surface area contributed by atoms with Gasteiger partial charge in [-0.3, -0.25) is 4.79 Å². The Bertz CT molecular complexity index is 1060. The lowest BCUT2D eigenvalue weighted by molar-refractivity contribution is -0.119. The summed E-state index contributed by atoms with van der Waals surface area (Å²) in [5.74, 6) is -0.884. The van der Waals surface area contributed by atoms with Crippen LogP contribution < -0.4 is 15.0 Å². The summed E-state index contributed by atoms with van der Waals surface area (Å²) in [5, 5.41) is 6.99. The minimum atomic E-state index is -0.730. The Hall–Kier alpha value is -3.81. The Kier molecular flexibility index (Phi) is 6.69. The lowest BCUT2D eigenvalue weighted by Gasteiger charge is -2.28. The number of aromatic nitrogens is 2. The van der Waals surface area contributed by atoms with Crippen molar-refractivity contribution in [3.8, 4) is 11.4 Å². The van der Waals surface area contributed by atoms with Crippen LogP contribution in [0.5, 0.6) is 5.75 Å². The van der Waals surface area contributed by atoms with Gasteiger partial charge in [0.05, 0.1) is 19.0 Å². The molecule has 1 fully saturated rings. The van der Waals surface area contributed by atoms with Gasteiger partial charge in [-0.05, 0) is 55.7 Å². The van der Waals surface area contributed by atoms with Crippen LogP contribution in [0.1, 0.15) is 29.8 Å². The Balaban J connectivity index is 1.33. The van der Waals surface area contributed by atoms with E-state index in [0.29, 0.717) is 5.69 Å². The summed E-state index contributed by atoms with van der Waals surface area (Å²) < 4.78 is 11.9. The molecule has 0 radical (unpaired) electrons. The third kappa shape index (κ3) is 5.08. The lowest BCUT2D eigenvalue weighted by atomic mass is 10.1. The van der Waals surface area contributed by atoms with Crippen molar-refractivity contribution in [2.24, 2.45) is 0 Å². The van der Waals surface area contributed by atoms with Gasteiger partial charge in [-0.25, -0.2) is 9.48 Å². The van der Waals surface area contributed by atoms with E-state index in [9.17, 15) is 9.59 Å². The first-order chi connectivity index (χ1) is 15.6.